The molecule has 0 spiro atoms. The van der Waals surface area contributed by atoms with Crippen molar-refractivity contribution in [1.82, 2.24) is 5.32 Å². The molecule has 0 aliphatic heterocycles. The molecule has 2 rings (SSSR count). The Morgan fingerprint density at radius 3 is 2.61 bits per heavy atom. The third-order valence-corrected chi connectivity index (χ3v) is 2.92. The van der Waals surface area contributed by atoms with Gasteiger partial charge in [-0.15, -0.1) is 0 Å². The molecule has 0 saturated heterocycles. The number of benzene rings is 1. The van der Waals surface area contributed by atoms with Crippen LogP contribution < -0.4 is 11.1 Å². The number of nitrogens with two attached hydrogens (primary N) is 1. The van der Waals surface area contributed by atoms with Crippen molar-refractivity contribution in [3.63, 3.8) is 0 Å². The van der Waals surface area contributed by atoms with Crippen LogP contribution in [-0.2, 0) is 0 Å². The molecule has 0 aliphatic rings. The lowest BCUT2D eigenvalue weighted by Crippen LogP contribution is -2.28. The van der Waals surface area contributed by atoms with Crippen LogP contribution in [0, 0.1) is 0 Å². The lowest BCUT2D eigenvalue weighted by atomic mass is 10.2. The minimum absolute atomic E-state index is 0.246. The van der Waals surface area contributed by atoms with Crippen molar-refractivity contribution in [1.29, 1.82) is 0 Å². The molecule has 3 N–H and O–H groups in total. The third kappa shape index (κ3) is 3.00. The number of amides is 1. The zero-order valence-electron chi connectivity index (χ0n) is 9.65. The van der Waals surface area contributed by atoms with Gasteiger partial charge < -0.3 is 15.5 Å². The number of rotatable bonds is 4. The molecule has 1 aromatic carbocycles. The Hall–Kier alpha value is -1.59. The highest BCUT2D eigenvalue weighted by molar-refractivity contribution is 9.10. The fourth-order valence-corrected chi connectivity index (χ4v) is 1.77. The summed E-state index contributed by atoms with van der Waals surface area (Å²) in [5, 5.41) is 2.66. The first-order valence-electron chi connectivity index (χ1n) is 5.55. The molecule has 94 valence electrons. The van der Waals surface area contributed by atoms with Gasteiger partial charge in [-0.3, -0.25) is 4.79 Å². The van der Waals surface area contributed by atoms with E-state index in [1.54, 1.807) is 12.1 Å². The summed E-state index contributed by atoms with van der Waals surface area (Å²) in [6, 6.07) is 11.1. The van der Waals surface area contributed by atoms with Crippen molar-refractivity contribution in [2.75, 3.05) is 13.1 Å². The van der Waals surface area contributed by atoms with Crippen LogP contribution in [0.25, 0.3) is 11.3 Å². The zero-order chi connectivity index (χ0) is 13.0. The second-order valence-electron chi connectivity index (χ2n) is 3.72. The van der Waals surface area contributed by atoms with Gasteiger partial charge in [-0.2, -0.15) is 0 Å². The minimum Gasteiger partial charge on any atom is -0.451 e. The number of furan rings is 1. The fourth-order valence-electron chi connectivity index (χ4n) is 1.50. The zero-order valence-corrected chi connectivity index (χ0v) is 11.2. The summed E-state index contributed by atoms with van der Waals surface area (Å²) in [4.78, 5) is 11.6. The maximum absolute atomic E-state index is 11.6. The first-order chi connectivity index (χ1) is 8.70. The van der Waals surface area contributed by atoms with Crippen LogP contribution in [-0.4, -0.2) is 19.0 Å². The molecule has 0 unspecified atom stereocenters. The third-order valence-electron chi connectivity index (χ3n) is 2.39. The Balaban J connectivity index is 2.15. The van der Waals surface area contributed by atoms with E-state index < -0.39 is 0 Å². The number of halogens is 1. The topological polar surface area (TPSA) is 68.3 Å². The Kier molecular flexibility index (Phi) is 4.17. The molecule has 0 fully saturated rings. The van der Waals surface area contributed by atoms with Gasteiger partial charge >= 0.3 is 0 Å². The van der Waals surface area contributed by atoms with Crippen molar-refractivity contribution < 1.29 is 9.21 Å². The molecular weight excluding hydrogens is 296 g/mol. The highest BCUT2D eigenvalue weighted by Gasteiger charge is 2.11. The molecule has 0 radical (unpaired) electrons. The van der Waals surface area contributed by atoms with Gasteiger partial charge in [0, 0.05) is 23.1 Å². The predicted octanol–water partition coefficient (Wildman–Crippen LogP) is 2.40. The smallest absolute Gasteiger partial charge is 0.287 e. The number of carbonyl (C=O) groups is 1. The Morgan fingerprint density at radius 2 is 1.94 bits per heavy atom. The maximum Gasteiger partial charge on any atom is 0.287 e. The Morgan fingerprint density at radius 1 is 1.22 bits per heavy atom. The van der Waals surface area contributed by atoms with Gasteiger partial charge in [0.25, 0.3) is 5.91 Å². The van der Waals surface area contributed by atoms with E-state index >= 15 is 0 Å². The largest absolute Gasteiger partial charge is 0.451 e. The monoisotopic (exact) mass is 308 g/mol. The van der Waals surface area contributed by atoms with Crippen molar-refractivity contribution in [2.45, 2.75) is 0 Å². The average Bonchev–Trinajstić information content (AvgIpc) is 2.86. The van der Waals surface area contributed by atoms with Gasteiger partial charge in [0.2, 0.25) is 0 Å². The van der Waals surface area contributed by atoms with Gasteiger partial charge in [0.05, 0.1) is 0 Å². The molecule has 1 aromatic heterocycles. The first-order valence-corrected chi connectivity index (χ1v) is 6.34. The Labute approximate surface area is 113 Å². The highest BCUT2D eigenvalue weighted by atomic mass is 79.9. The molecule has 4 nitrogen and oxygen atoms in total. The van der Waals surface area contributed by atoms with Crippen molar-refractivity contribution in [3.8, 4) is 11.3 Å². The summed E-state index contributed by atoms with van der Waals surface area (Å²) in [7, 11) is 0. The van der Waals surface area contributed by atoms with Gasteiger partial charge in [0.15, 0.2) is 5.76 Å². The SMILES string of the molecule is NCCNC(=O)c1ccc(-c2ccc(Br)cc2)o1. The highest BCUT2D eigenvalue weighted by Crippen LogP contribution is 2.23. The lowest BCUT2D eigenvalue weighted by molar-refractivity contribution is 0.0928. The average molecular weight is 309 g/mol. The second kappa shape index (κ2) is 5.84. The first kappa shape index (κ1) is 12.9. The summed E-state index contributed by atoms with van der Waals surface area (Å²) in [5.41, 5.74) is 6.24. The van der Waals surface area contributed by atoms with E-state index in [2.05, 4.69) is 21.2 Å². The van der Waals surface area contributed by atoms with E-state index in [-0.39, 0.29) is 5.91 Å². The van der Waals surface area contributed by atoms with E-state index in [0.29, 0.717) is 24.6 Å². The van der Waals surface area contributed by atoms with Crippen LogP contribution in [0.3, 0.4) is 0 Å². The quantitative estimate of drug-likeness (QED) is 0.911. The molecule has 1 amide bonds. The molecule has 0 aliphatic carbocycles. The predicted molar refractivity (Wildman–Crippen MR) is 73.2 cm³/mol. The van der Waals surface area contributed by atoms with Gasteiger partial charge in [-0.25, -0.2) is 0 Å². The summed E-state index contributed by atoms with van der Waals surface area (Å²) < 4.78 is 6.50. The van der Waals surface area contributed by atoms with Crippen molar-refractivity contribution >= 4 is 21.8 Å². The molecule has 18 heavy (non-hydrogen) atoms. The van der Waals surface area contributed by atoms with Crippen LogP contribution in [0.2, 0.25) is 0 Å². The number of carbonyl (C=O) groups excluding carboxylic acids is 1. The number of nitrogens with one attached hydrogen (secondary N) is 1. The van der Waals surface area contributed by atoms with Crippen molar-refractivity contribution in [3.05, 3.63) is 46.6 Å². The van der Waals surface area contributed by atoms with E-state index in [0.717, 1.165) is 10.0 Å². The standard InChI is InChI=1S/C13H13BrN2O2/c14-10-3-1-9(2-4-10)11-5-6-12(18-11)13(17)16-8-7-15/h1-6H,7-8,15H2,(H,16,17). The summed E-state index contributed by atoms with van der Waals surface area (Å²) >= 11 is 3.37. The van der Waals surface area contributed by atoms with Crippen LogP contribution >= 0.6 is 15.9 Å². The van der Waals surface area contributed by atoms with Crippen LogP contribution in [0.5, 0.6) is 0 Å². The molecule has 0 atom stereocenters. The minimum atomic E-state index is -0.246. The lowest BCUT2D eigenvalue weighted by Gasteiger charge is -2.00. The summed E-state index contributed by atoms with van der Waals surface area (Å²) in [6.45, 7) is 0.846. The maximum atomic E-state index is 11.6. The van der Waals surface area contributed by atoms with Gasteiger partial charge in [-0.1, -0.05) is 28.1 Å². The van der Waals surface area contributed by atoms with Crippen LogP contribution in [0.4, 0.5) is 0 Å². The molecule has 1 heterocycles. The van der Waals surface area contributed by atoms with Gasteiger partial charge in [-0.05, 0) is 24.3 Å². The summed E-state index contributed by atoms with van der Waals surface area (Å²) in [6.07, 6.45) is 0. The van der Waals surface area contributed by atoms with Crippen LogP contribution in [0.1, 0.15) is 10.6 Å². The molecular formula is C13H13BrN2O2. The normalized spacial score (nSPS) is 10.3. The second-order valence-corrected chi connectivity index (χ2v) is 4.63. The Bertz CT molecular complexity index is 534. The van der Waals surface area contributed by atoms with Gasteiger partial charge in [0.1, 0.15) is 5.76 Å². The number of hydrogen-bond donors (Lipinski definition) is 2. The molecule has 5 heteroatoms. The number of hydrogen-bond acceptors (Lipinski definition) is 3. The summed E-state index contributed by atoms with van der Waals surface area (Å²) in [5.74, 6) is 0.713. The van der Waals surface area contributed by atoms with E-state index in [1.807, 2.05) is 24.3 Å². The van der Waals surface area contributed by atoms with Crippen LogP contribution in [0.15, 0.2) is 45.3 Å². The molecule has 2 aromatic rings. The van der Waals surface area contributed by atoms with E-state index in [9.17, 15) is 4.79 Å². The fraction of sp³-hybridized carbons (Fsp3) is 0.154. The van der Waals surface area contributed by atoms with E-state index in [1.165, 1.54) is 0 Å². The molecule has 0 saturated carbocycles. The van der Waals surface area contributed by atoms with E-state index in [4.69, 9.17) is 10.2 Å². The molecule has 0 bridgehead atoms. The van der Waals surface area contributed by atoms with Crippen molar-refractivity contribution in [2.24, 2.45) is 5.73 Å².